The van der Waals surface area contributed by atoms with Crippen molar-refractivity contribution in [1.29, 1.82) is 0 Å². The molecule has 1 saturated heterocycles. The molecule has 5 nitrogen and oxygen atoms in total. The van der Waals surface area contributed by atoms with E-state index in [0.717, 1.165) is 4.90 Å². The van der Waals surface area contributed by atoms with Gasteiger partial charge in [0, 0.05) is 12.8 Å². The van der Waals surface area contributed by atoms with E-state index in [2.05, 4.69) is 0 Å². The van der Waals surface area contributed by atoms with Gasteiger partial charge in [0.15, 0.2) is 0 Å². The molecule has 0 spiro atoms. The van der Waals surface area contributed by atoms with Crippen LogP contribution in [-0.2, 0) is 14.4 Å². The summed E-state index contributed by atoms with van der Waals surface area (Å²) in [4.78, 5) is 35.0. The number of hydrogen-bond acceptors (Lipinski definition) is 3. The molecule has 16 heavy (non-hydrogen) atoms. The molecule has 0 saturated carbocycles. The third-order valence-corrected chi connectivity index (χ3v) is 2.77. The van der Waals surface area contributed by atoms with Crippen LogP contribution in [0, 0.1) is 5.41 Å². The normalized spacial score (nSPS) is 19.1. The second-order valence-electron chi connectivity index (χ2n) is 5.14. The fourth-order valence-electron chi connectivity index (χ4n) is 1.89. The molecule has 0 aromatic rings. The smallest absolute Gasteiger partial charge is 0.305 e. The Bertz CT molecular complexity index is 313. The number of rotatable bonds is 3. The van der Waals surface area contributed by atoms with Crippen molar-refractivity contribution in [2.45, 2.75) is 46.1 Å². The monoisotopic (exact) mass is 227 g/mol. The van der Waals surface area contributed by atoms with E-state index in [4.69, 9.17) is 5.11 Å². The summed E-state index contributed by atoms with van der Waals surface area (Å²) in [5.41, 5.74) is -0.423. The van der Waals surface area contributed by atoms with E-state index < -0.39 is 17.4 Å². The molecule has 0 radical (unpaired) electrons. The first kappa shape index (κ1) is 12.7. The molecule has 90 valence electrons. The Kier molecular flexibility index (Phi) is 3.35. The zero-order valence-electron chi connectivity index (χ0n) is 9.82. The molecule has 0 aliphatic carbocycles. The van der Waals surface area contributed by atoms with E-state index in [1.54, 1.807) is 0 Å². The fraction of sp³-hybridized carbons (Fsp3) is 0.727. The number of aliphatic carboxylic acids is 1. The van der Waals surface area contributed by atoms with Gasteiger partial charge in [-0.1, -0.05) is 20.8 Å². The topological polar surface area (TPSA) is 74.7 Å². The number of hydrogen-bond donors (Lipinski definition) is 1. The Morgan fingerprint density at radius 2 is 1.75 bits per heavy atom. The van der Waals surface area contributed by atoms with Crippen molar-refractivity contribution in [3.8, 4) is 0 Å². The summed E-state index contributed by atoms with van der Waals surface area (Å²) >= 11 is 0. The van der Waals surface area contributed by atoms with Crippen LogP contribution >= 0.6 is 0 Å². The first-order valence-corrected chi connectivity index (χ1v) is 5.30. The number of carboxylic acid groups (broad SMARTS) is 1. The molecule has 2 amide bonds. The van der Waals surface area contributed by atoms with Crippen LogP contribution in [0.15, 0.2) is 0 Å². The second kappa shape index (κ2) is 4.23. The summed E-state index contributed by atoms with van der Waals surface area (Å²) in [5, 5.41) is 8.83. The molecule has 0 bridgehead atoms. The summed E-state index contributed by atoms with van der Waals surface area (Å²) in [6, 6.07) is -0.563. The second-order valence-corrected chi connectivity index (χ2v) is 5.14. The largest absolute Gasteiger partial charge is 0.481 e. The number of carbonyl (C=O) groups is 3. The summed E-state index contributed by atoms with van der Waals surface area (Å²) in [6.45, 7) is 5.50. The summed E-state index contributed by atoms with van der Waals surface area (Å²) in [6.07, 6.45) is 0.205. The van der Waals surface area contributed by atoms with Gasteiger partial charge in [-0.3, -0.25) is 19.3 Å². The van der Waals surface area contributed by atoms with Gasteiger partial charge in [0.05, 0.1) is 12.5 Å². The number of nitrogens with zero attached hydrogens (tertiary/aromatic N) is 1. The molecular formula is C11H17NO4. The Morgan fingerprint density at radius 1 is 1.31 bits per heavy atom. The van der Waals surface area contributed by atoms with E-state index in [1.807, 2.05) is 20.8 Å². The van der Waals surface area contributed by atoms with Crippen molar-refractivity contribution in [3.63, 3.8) is 0 Å². The van der Waals surface area contributed by atoms with Crippen LogP contribution in [0.5, 0.6) is 0 Å². The van der Waals surface area contributed by atoms with Gasteiger partial charge in [-0.2, -0.15) is 0 Å². The molecule has 1 aliphatic rings. The molecule has 1 fully saturated rings. The fourth-order valence-corrected chi connectivity index (χ4v) is 1.89. The van der Waals surface area contributed by atoms with Gasteiger partial charge in [-0.05, 0) is 5.41 Å². The average molecular weight is 227 g/mol. The molecule has 0 aromatic heterocycles. The van der Waals surface area contributed by atoms with Crippen LogP contribution in [0.3, 0.4) is 0 Å². The van der Waals surface area contributed by atoms with Crippen molar-refractivity contribution >= 4 is 17.8 Å². The minimum absolute atomic E-state index is 0.193. The number of imide groups is 1. The first-order valence-electron chi connectivity index (χ1n) is 5.30. The lowest BCUT2D eigenvalue weighted by atomic mass is 9.83. The third kappa shape index (κ3) is 2.59. The Balaban J connectivity index is 2.96. The SMILES string of the molecule is CC(C)(C)C(CC(=O)O)N1C(=O)CCC1=O. The van der Waals surface area contributed by atoms with E-state index in [-0.39, 0.29) is 31.1 Å². The molecule has 1 atom stereocenters. The van der Waals surface area contributed by atoms with Crippen LogP contribution in [-0.4, -0.2) is 33.8 Å². The zero-order chi connectivity index (χ0) is 12.5. The molecule has 1 rings (SSSR count). The number of carbonyl (C=O) groups excluding carboxylic acids is 2. The van der Waals surface area contributed by atoms with Crippen LogP contribution in [0.4, 0.5) is 0 Å². The van der Waals surface area contributed by atoms with Crippen molar-refractivity contribution in [2.75, 3.05) is 0 Å². The molecule has 5 heteroatoms. The quantitative estimate of drug-likeness (QED) is 0.730. The Morgan fingerprint density at radius 3 is 2.06 bits per heavy atom. The van der Waals surface area contributed by atoms with Crippen molar-refractivity contribution in [1.82, 2.24) is 4.90 Å². The highest BCUT2D eigenvalue weighted by Crippen LogP contribution is 2.30. The van der Waals surface area contributed by atoms with Gasteiger partial charge in [-0.25, -0.2) is 0 Å². The van der Waals surface area contributed by atoms with Gasteiger partial charge < -0.3 is 5.11 Å². The van der Waals surface area contributed by atoms with E-state index in [1.165, 1.54) is 0 Å². The summed E-state index contributed by atoms with van der Waals surface area (Å²) in [5.74, 6) is -1.51. The number of carboxylic acids is 1. The molecule has 1 aliphatic heterocycles. The van der Waals surface area contributed by atoms with Gasteiger partial charge in [0.25, 0.3) is 0 Å². The lowest BCUT2D eigenvalue weighted by Gasteiger charge is -2.35. The molecule has 1 N–H and O–H groups in total. The zero-order valence-corrected chi connectivity index (χ0v) is 9.82. The van der Waals surface area contributed by atoms with Gasteiger partial charge in [-0.15, -0.1) is 0 Å². The van der Waals surface area contributed by atoms with Crippen LogP contribution < -0.4 is 0 Å². The number of likely N-dealkylation sites (tertiary alicyclic amines) is 1. The maximum Gasteiger partial charge on any atom is 0.305 e. The molecule has 1 heterocycles. The standard InChI is InChI=1S/C11H17NO4/c1-11(2,3)7(6-10(15)16)12-8(13)4-5-9(12)14/h7H,4-6H2,1-3H3,(H,15,16). The third-order valence-electron chi connectivity index (χ3n) is 2.77. The number of amides is 2. The average Bonchev–Trinajstić information content (AvgIpc) is 2.41. The van der Waals surface area contributed by atoms with Crippen molar-refractivity contribution in [2.24, 2.45) is 5.41 Å². The molecule has 0 aromatic carbocycles. The van der Waals surface area contributed by atoms with Gasteiger partial charge in [0.2, 0.25) is 11.8 Å². The van der Waals surface area contributed by atoms with Gasteiger partial charge in [0.1, 0.15) is 0 Å². The summed E-state index contributed by atoms with van der Waals surface area (Å²) < 4.78 is 0. The van der Waals surface area contributed by atoms with Crippen LogP contribution in [0.25, 0.3) is 0 Å². The highest BCUT2D eigenvalue weighted by molar-refractivity contribution is 6.02. The Labute approximate surface area is 94.4 Å². The van der Waals surface area contributed by atoms with Crippen molar-refractivity contribution in [3.05, 3.63) is 0 Å². The highest BCUT2D eigenvalue weighted by Gasteiger charge is 2.41. The predicted molar refractivity (Wildman–Crippen MR) is 56.6 cm³/mol. The predicted octanol–water partition coefficient (Wildman–Crippen LogP) is 1.02. The summed E-state index contributed by atoms with van der Waals surface area (Å²) in [7, 11) is 0. The van der Waals surface area contributed by atoms with Crippen molar-refractivity contribution < 1.29 is 19.5 Å². The maximum absolute atomic E-state index is 11.6. The highest BCUT2D eigenvalue weighted by atomic mass is 16.4. The Hall–Kier alpha value is -1.39. The van der Waals surface area contributed by atoms with E-state index >= 15 is 0 Å². The lowest BCUT2D eigenvalue weighted by Crippen LogP contribution is -2.48. The minimum Gasteiger partial charge on any atom is -0.481 e. The first-order chi connectivity index (χ1) is 7.23. The van der Waals surface area contributed by atoms with E-state index in [0.29, 0.717) is 0 Å². The van der Waals surface area contributed by atoms with Crippen LogP contribution in [0.2, 0.25) is 0 Å². The minimum atomic E-state index is -0.993. The van der Waals surface area contributed by atoms with Gasteiger partial charge >= 0.3 is 5.97 Å². The maximum atomic E-state index is 11.6. The molecular weight excluding hydrogens is 210 g/mol. The lowest BCUT2D eigenvalue weighted by molar-refractivity contribution is -0.147. The van der Waals surface area contributed by atoms with E-state index in [9.17, 15) is 14.4 Å². The molecule has 1 unspecified atom stereocenters. The van der Waals surface area contributed by atoms with Crippen LogP contribution in [0.1, 0.15) is 40.0 Å².